The Balaban J connectivity index is 2.00. The van der Waals surface area contributed by atoms with Gasteiger partial charge in [0.05, 0.1) is 0 Å². The van der Waals surface area contributed by atoms with E-state index in [1.807, 2.05) is 11.8 Å². The van der Waals surface area contributed by atoms with E-state index in [1.54, 1.807) is 0 Å². The number of amides is 2. The van der Waals surface area contributed by atoms with Crippen molar-refractivity contribution in [2.75, 3.05) is 0 Å². The molecule has 1 N–H and O–H groups in total. The van der Waals surface area contributed by atoms with E-state index in [4.69, 9.17) is 0 Å². The van der Waals surface area contributed by atoms with E-state index in [2.05, 4.69) is 19.2 Å². The number of piperazine rings is 1. The van der Waals surface area contributed by atoms with Crippen LogP contribution in [0.5, 0.6) is 0 Å². The van der Waals surface area contributed by atoms with E-state index in [-0.39, 0.29) is 17.9 Å². The van der Waals surface area contributed by atoms with Crippen molar-refractivity contribution in [3.63, 3.8) is 0 Å². The molecular weight excluding hydrogens is 264 g/mol. The highest BCUT2D eigenvalue weighted by Gasteiger charge is 2.61. The van der Waals surface area contributed by atoms with Gasteiger partial charge in [0.2, 0.25) is 11.8 Å². The van der Waals surface area contributed by atoms with Gasteiger partial charge >= 0.3 is 0 Å². The molecule has 1 aliphatic heterocycles. The van der Waals surface area contributed by atoms with Gasteiger partial charge in [-0.1, -0.05) is 26.2 Å². The van der Waals surface area contributed by atoms with Crippen molar-refractivity contribution >= 4 is 11.8 Å². The molecule has 118 valence electrons. The quantitative estimate of drug-likeness (QED) is 0.869. The fourth-order valence-electron chi connectivity index (χ4n) is 4.31. The number of hydrogen-bond acceptors (Lipinski definition) is 2. The summed E-state index contributed by atoms with van der Waals surface area (Å²) >= 11 is 0. The van der Waals surface area contributed by atoms with Gasteiger partial charge in [0, 0.05) is 6.04 Å². The second-order valence-corrected chi connectivity index (χ2v) is 7.46. The first kappa shape index (κ1) is 14.9. The van der Waals surface area contributed by atoms with Crippen LogP contribution in [0.25, 0.3) is 0 Å². The minimum absolute atomic E-state index is 0.108. The third-order valence-corrected chi connectivity index (χ3v) is 6.03. The largest absolute Gasteiger partial charge is 0.340 e. The summed E-state index contributed by atoms with van der Waals surface area (Å²) < 4.78 is 0. The van der Waals surface area contributed by atoms with E-state index in [0.717, 1.165) is 44.9 Å². The third-order valence-electron chi connectivity index (χ3n) is 6.03. The molecule has 0 aromatic carbocycles. The van der Waals surface area contributed by atoms with Gasteiger partial charge in [-0.2, -0.15) is 0 Å². The lowest BCUT2D eigenvalue weighted by molar-refractivity contribution is -0.169. The van der Waals surface area contributed by atoms with Crippen LogP contribution in [0.3, 0.4) is 0 Å². The summed E-state index contributed by atoms with van der Waals surface area (Å²) in [7, 11) is 0. The van der Waals surface area contributed by atoms with Crippen LogP contribution in [0.1, 0.15) is 72.1 Å². The molecule has 4 heteroatoms. The fraction of sp³-hybridized carbons (Fsp3) is 0.882. The monoisotopic (exact) mass is 292 g/mol. The summed E-state index contributed by atoms with van der Waals surface area (Å²) in [5.41, 5.74) is -1.23. The summed E-state index contributed by atoms with van der Waals surface area (Å²) in [5, 5.41) is 3.14. The lowest BCUT2D eigenvalue weighted by Crippen LogP contribution is -2.77. The summed E-state index contributed by atoms with van der Waals surface area (Å²) in [6.07, 6.45) is 7.96. The zero-order valence-electron chi connectivity index (χ0n) is 13.6. The van der Waals surface area contributed by atoms with Gasteiger partial charge in [-0.15, -0.1) is 0 Å². The van der Waals surface area contributed by atoms with Gasteiger partial charge in [0.1, 0.15) is 11.1 Å². The number of carbonyl (C=O) groups excluding carboxylic acids is 2. The Labute approximate surface area is 127 Å². The summed E-state index contributed by atoms with van der Waals surface area (Å²) in [5.74, 6) is 0.610. The van der Waals surface area contributed by atoms with Crippen LogP contribution in [0, 0.1) is 5.92 Å². The fourth-order valence-corrected chi connectivity index (χ4v) is 4.31. The van der Waals surface area contributed by atoms with E-state index in [1.165, 1.54) is 6.42 Å². The highest BCUT2D eigenvalue weighted by Crippen LogP contribution is 2.47. The van der Waals surface area contributed by atoms with Gasteiger partial charge in [0.15, 0.2) is 0 Å². The van der Waals surface area contributed by atoms with Gasteiger partial charge in [-0.3, -0.25) is 9.59 Å². The average molecular weight is 292 g/mol. The Bertz CT molecular complexity index is 452. The molecule has 0 aromatic heterocycles. The van der Waals surface area contributed by atoms with Crippen LogP contribution in [0.2, 0.25) is 0 Å². The molecule has 3 aliphatic rings. The molecule has 3 fully saturated rings. The Morgan fingerprint density at radius 1 is 1.24 bits per heavy atom. The van der Waals surface area contributed by atoms with Crippen molar-refractivity contribution in [3.05, 3.63) is 0 Å². The molecule has 2 aliphatic carbocycles. The zero-order valence-corrected chi connectivity index (χ0v) is 13.6. The standard InChI is InChI=1S/C17H28N2O2/c1-4-12(2)19-15(21)16(3,13-8-9-13)18-14(20)17(19)10-6-5-7-11-17/h12-13H,4-11H2,1-3H3,(H,18,20). The lowest BCUT2D eigenvalue weighted by Gasteiger charge is -2.55. The van der Waals surface area contributed by atoms with Crippen LogP contribution in [0.4, 0.5) is 0 Å². The predicted octanol–water partition coefficient (Wildman–Crippen LogP) is 2.61. The molecule has 2 atom stereocenters. The molecule has 2 amide bonds. The molecule has 2 unspecified atom stereocenters. The lowest BCUT2D eigenvalue weighted by atomic mass is 9.74. The average Bonchev–Trinajstić information content (AvgIpc) is 3.31. The van der Waals surface area contributed by atoms with Crippen LogP contribution in [-0.4, -0.2) is 33.8 Å². The van der Waals surface area contributed by atoms with Crippen molar-refractivity contribution in [2.24, 2.45) is 5.92 Å². The molecule has 1 spiro atoms. The Hall–Kier alpha value is -1.06. The first-order valence-corrected chi connectivity index (χ1v) is 8.62. The number of hydrogen-bond donors (Lipinski definition) is 1. The smallest absolute Gasteiger partial charge is 0.249 e. The number of carbonyl (C=O) groups is 2. The first-order chi connectivity index (χ1) is 9.95. The van der Waals surface area contributed by atoms with E-state index in [0.29, 0.717) is 5.92 Å². The number of rotatable bonds is 3. The third kappa shape index (κ3) is 2.09. The van der Waals surface area contributed by atoms with Gasteiger partial charge in [-0.25, -0.2) is 0 Å². The van der Waals surface area contributed by atoms with Gasteiger partial charge in [-0.05, 0) is 51.9 Å². The highest BCUT2D eigenvalue weighted by atomic mass is 16.2. The Morgan fingerprint density at radius 2 is 1.86 bits per heavy atom. The van der Waals surface area contributed by atoms with E-state index in [9.17, 15) is 9.59 Å². The van der Waals surface area contributed by atoms with Gasteiger partial charge < -0.3 is 10.2 Å². The molecule has 1 saturated heterocycles. The molecule has 3 rings (SSSR count). The second kappa shape index (κ2) is 4.99. The minimum atomic E-state index is -0.663. The number of nitrogens with one attached hydrogen (secondary N) is 1. The molecule has 1 heterocycles. The van der Waals surface area contributed by atoms with Crippen LogP contribution in [-0.2, 0) is 9.59 Å². The molecule has 0 bridgehead atoms. The van der Waals surface area contributed by atoms with E-state index >= 15 is 0 Å². The van der Waals surface area contributed by atoms with Crippen LogP contribution < -0.4 is 5.32 Å². The zero-order chi connectivity index (χ0) is 15.3. The van der Waals surface area contributed by atoms with Crippen molar-refractivity contribution in [2.45, 2.75) is 89.3 Å². The van der Waals surface area contributed by atoms with Crippen molar-refractivity contribution in [1.29, 1.82) is 0 Å². The Morgan fingerprint density at radius 3 is 2.38 bits per heavy atom. The van der Waals surface area contributed by atoms with Crippen LogP contribution in [0.15, 0.2) is 0 Å². The highest BCUT2D eigenvalue weighted by molar-refractivity contribution is 6.02. The van der Waals surface area contributed by atoms with Crippen molar-refractivity contribution in [1.82, 2.24) is 10.2 Å². The number of nitrogens with zero attached hydrogens (tertiary/aromatic N) is 1. The van der Waals surface area contributed by atoms with Crippen molar-refractivity contribution < 1.29 is 9.59 Å². The molecule has 4 nitrogen and oxygen atoms in total. The maximum atomic E-state index is 13.3. The molecule has 2 saturated carbocycles. The summed E-state index contributed by atoms with van der Waals surface area (Å²) in [6, 6.07) is 0.139. The molecular formula is C17H28N2O2. The normalized spacial score (nSPS) is 34.0. The topological polar surface area (TPSA) is 49.4 Å². The predicted molar refractivity (Wildman–Crippen MR) is 81.7 cm³/mol. The molecule has 21 heavy (non-hydrogen) atoms. The molecule has 0 radical (unpaired) electrons. The SMILES string of the molecule is CCC(C)N1C(=O)C(C)(C2CC2)NC(=O)C12CCCCC2. The summed E-state index contributed by atoms with van der Waals surface area (Å²) in [4.78, 5) is 28.2. The maximum Gasteiger partial charge on any atom is 0.249 e. The van der Waals surface area contributed by atoms with E-state index < -0.39 is 11.1 Å². The first-order valence-electron chi connectivity index (χ1n) is 8.62. The van der Waals surface area contributed by atoms with Gasteiger partial charge in [0.25, 0.3) is 0 Å². The van der Waals surface area contributed by atoms with Crippen LogP contribution >= 0.6 is 0 Å². The maximum absolute atomic E-state index is 13.3. The summed E-state index contributed by atoms with van der Waals surface area (Å²) in [6.45, 7) is 6.14. The Kier molecular flexibility index (Phi) is 3.53. The second-order valence-electron chi connectivity index (χ2n) is 7.46. The van der Waals surface area contributed by atoms with Crippen molar-refractivity contribution in [3.8, 4) is 0 Å². The minimum Gasteiger partial charge on any atom is -0.340 e. The molecule has 0 aromatic rings.